The summed E-state index contributed by atoms with van der Waals surface area (Å²) in [4.78, 5) is 15.9. The number of hydrogen-bond donors (Lipinski definition) is 0. The van der Waals surface area contributed by atoms with Gasteiger partial charge in [0.05, 0.1) is 29.2 Å². The summed E-state index contributed by atoms with van der Waals surface area (Å²) in [5.74, 6) is -0.386. The maximum atomic E-state index is 11.5. The summed E-state index contributed by atoms with van der Waals surface area (Å²) in [5, 5.41) is 0.419. The fraction of sp³-hybridized carbons (Fsp3) is 0.143. The van der Waals surface area contributed by atoms with Crippen LogP contribution >= 0.6 is 11.6 Å². The summed E-state index contributed by atoms with van der Waals surface area (Å²) in [5.41, 5.74) is 3.99. The van der Waals surface area contributed by atoms with Gasteiger partial charge in [-0.3, -0.25) is 0 Å². The summed E-state index contributed by atoms with van der Waals surface area (Å²) < 4.78 is 6.67. The first kappa shape index (κ1) is 12.0. The molecule has 2 heterocycles. The maximum Gasteiger partial charge on any atom is 0.337 e. The fourth-order valence-electron chi connectivity index (χ4n) is 2.18. The van der Waals surface area contributed by atoms with Crippen LogP contribution in [0.1, 0.15) is 15.9 Å². The lowest BCUT2D eigenvalue weighted by Gasteiger charge is -2.06. The molecule has 19 heavy (non-hydrogen) atoms. The monoisotopic (exact) mass is 274 g/mol. The van der Waals surface area contributed by atoms with E-state index in [4.69, 9.17) is 16.3 Å². The Balaban J connectivity index is 2.36. The maximum absolute atomic E-state index is 11.5. The normalized spacial score (nSPS) is 11.1. The number of benzene rings is 1. The molecule has 0 aliphatic rings. The largest absolute Gasteiger partial charge is 0.465 e. The molecule has 3 aromatic rings. The Morgan fingerprint density at radius 3 is 2.84 bits per heavy atom. The van der Waals surface area contributed by atoms with E-state index in [0.29, 0.717) is 16.2 Å². The Morgan fingerprint density at radius 1 is 1.32 bits per heavy atom. The smallest absolute Gasteiger partial charge is 0.337 e. The number of nitrogens with zero attached hydrogens (tertiary/aromatic N) is 2. The molecule has 96 valence electrons. The molecule has 0 aliphatic heterocycles. The number of carbonyl (C=O) groups excluding carboxylic acids is 1. The van der Waals surface area contributed by atoms with Gasteiger partial charge < -0.3 is 9.14 Å². The van der Waals surface area contributed by atoms with Gasteiger partial charge in [0.15, 0.2) is 5.15 Å². The number of aryl methyl sites for hydroxylation is 1. The van der Waals surface area contributed by atoms with E-state index in [1.165, 1.54) is 7.11 Å². The highest BCUT2D eigenvalue weighted by molar-refractivity contribution is 6.33. The van der Waals surface area contributed by atoms with Crippen LogP contribution in [0, 0.1) is 6.92 Å². The number of fused-ring (bicyclic) bond motifs is 3. The van der Waals surface area contributed by atoms with Crippen LogP contribution in [0.2, 0.25) is 5.15 Å². The van der Waals surface area contributed by atoms with Gasteiger partial charge >= 0.3 is 5.97 Å². The van der Waals surface area contributed by atoms with Crippen molar-refractivity contribution in [3.63, 3.8) is 0 Å². The van der Waals surface area contributed by atoms with Gasteiger partial charge in [-0.25, -0.2) is 9.78 Å². The van der Waals surface area contributed by atoms with E-state index in [9.17, 15) is 4.79 Å². The quantitative estimate of drug-likeness (QED) is 0.640. The predicted octanol–water partition coefficient (Wildman–Crippen LogP) is 3.24. The predicted molar refractivity (Wildman–Crippen MR) is 73.8 cm³/mol. The van der Waals surface area contributed by atoms with E-state index < -0.39 is 0 Å². The minimum absolute atomic E-state index is 0.386. The highest BCUT2D eigenvalue weighted by atomic mass is 35.5. The third-order valence-corrected chi connectivity index (χ3v) is 3.32. The van der Waals surface area contributed by atoms with Crippen molar-refractivity contribution in [2.45, 2.75) is 6.92 Å². The second kappa shape index (κ2) is 4.24. The summed E-state index contributed by atoms with van der Waals surface area (Å²) >= 11 is 6.17. The topological polar surface area (TPSA) is 43.6 Å². The van der Waals surface area contributed by atoms with Crippen LogP contribution in [-0.2, 0) is 4.74 Å². The molecule has 0 bridgehead atoms. The third-order valence-electron chi connectivity index (χ3n) is 3.04. The first-order chi connectivity index (χ1) is 9.10. The van der Waals surface area contributed by atoms with Crippen LogP contribution in [0.4, 0.5) is 0 Å². The van der Waals surface area contributed by atoms with Crippen molar-refractivity contribution in [2.75, 3.05) is 7.11 Å². The van der Waals surface area contributed by atoms with Crippen LogP contribution in [0.15, 0.2) is 30.5 Å². The average molecular weight is 275 g/mol. The van der Waals surface area contributed by atoms with Crippen LogP contribution in [0.5, 0.6) is 0 Å². The highest BCUT2D eigenvalue weighted by Crippen LogP contribution is 2.24. The Labute approximate surface area is 114 Å². The van der Waals surface area contributed by atoms with E-state index in [-0.39, 0.29) is 5.97 Å². The first-order valence-electron chi connectivity index (χ1n) is 5.76. The molecule has 0 aliphatic carbocycles. The van der Waals surface area contributed by atoms with Crippen LogP contribution in [-0.4, -0.2) is 22.5 Å². The number of aromatic nitrogens is 2. The van der Waals surface area contributed by atoms with Crippen LogP contribution in [0.3, 0.4) is 0 Å². The van der Waals surface area contributed by atoms with E-state index >= 15 is 0 Å². The van der Waals surface area contributed by atoms with E-state index in [2.05, 4.69) is 4.98 Å². The van der Waals surface area contributed by atoms with E-state index in [1.54, 1.807) is 12.1 Å². The molecular formula is C14H11ClN2O2. The molecular weight excluding hydrogens is 264 g/mol. The lowest BCUT2D eigenvalue weighted by molar-refractivity contribution is 0.0601. The van der Waals surface area contributed by atoms with E-state index in [0.717, 1.165) is 16.6 Å². The Kier molecular flexibility index (Phi) is 2.68. The Hall–Kier alpha value is -2.07. The zero-order valence-electron chi connectivity index (χ0n) is 10.5. The molecule has 2 aromatic heterocycles. The van der Waals surface area contributed by atoms with Crippen molar-refractivity contribution >= 4 is 34.1 Å². The second-order valence-corrected chi connectivity index (χ2v) is 4.73. The molecule has 3 rings (SSSR count). The zero-order valence-corrected chi connectivity index (χ0v) is 11.2. The van der Waals surface area contributed by atoms with Gasteiger partial charge in [0.25, 0.3) is 0 Å². The Bertz CT molecular complexity index is 808. The number of halogens is 1. The molecule has 0 fully saturated rings. The van der Waals surface area contributed by atoms with Crippen LogP contribution in [0.25, 0.3) is 16.6 Å². The Morgan fingerprint density at radius 2 is 2.11 bits per heavy atom. The number of methoxy groups -OCH3 is 1. The summed E-state index contributed by atoms with van der Waals surface area (Å²) in [7, 11) is 1.35. The molecule has 1 aromatic carbocycles. The van der Waals surface area contributed by atoms with Gasteiger partial charge in [-0.05, 0) is 36.8 Å². The number of hydrogen-bond acceptors (Lipinski definition) is 3. The number of carbonyl (C=O) groups is 1. The van der Waals surface area contributed by atoms with Gasteiger partial charge in [-0.2, -0.15) is 0 Å². The minimum Gasteiger partial charge on any atom is -0.465 e. The molecule has 0 amide bonds. The van der Waals surface area contributed by atoms with Gasteiger partial charge in [0.1, 0.15) is 0 Å². The lowest BCUT2D eigenvalue weighted by Crippen LogP contribution is -2.02. The van der Waals surface area contributed by atoms with Gasteiger partial charge in [-0.1, -0.05) is 11.6 Å². The standard InChI is InChI=1S/C14H11ClN2O2/c1-8-5-12-13(15)16-10-6-9(14(18)19-2)3-4-11(10)17(12)7-8/h3-7H,1-2H3. The lowest BCUT2D eigenvalue weighted by atomic mass is 10.2. The minimum atomic E-state index is -0.386. The molecule has 0 N–H and O–H groups in total. The van der Waals surface area contributed by atoms with Crippen molar-refractivity contribution in [1.29, 1.82) is 0 Å². The molecule has 0 saturated carbocycles. The molecule has 0 radical (unpaired) electrons. The molecule has 0 saturated heterocycles. The SMILES string of the molecule is COC(=O)c1ccc2c(c1)nc(Cl)c1cc(C)cn12. The van der Waals surface area contributed by atoms with Crippen molar-refractivity contribution in [2.24, 2.45) is 0 Å². The average Bonchev–Trinajstić information content (AvgIpc) is 2.80. The summed E-state index contributed by atoms with van der Waals surface area (Å²) in [6.45, 7) is 2.00. The number of ether oxygens (including phenoxy) is 1. The second-order valence-electron chi connectivity index (χ2n) is 4.37. The van der Waals surface area contributed by atoms with Gasteiger partial charge in [0, 0.05) is 6.20 Å². The third kappa shape index (κ3) is 1.85. The molecule has 0 atom stereocenters. The zero-order chi connectivity index (χ0) is 13.6. The molecule has 4 nitrogen and oxygen atoms in total. The van der Waals surface area contributed by atoms with Crippen molar-refractivity contribution in [1.82, 2.24) is 9.38 Å². The van der Waals surface area contributed by atoms with Gasteiger partial charge in [-0.15, -0.1) is 0 Å². The van der Waals surface area contributed by atoms with Crippen LogP contribution < -0.4 is 0 Å². The fourth-order valence-corrected chi connectivity index (χ4v) is 2.42. The first-order valence-corrected chi connectivity index (χ1v) is 6.14. The molecule has 0 unspecified atom stereocenters. The van der Waals surface area contributed by atoms with Crippen molar-refractivity contribution in [3.05, 3.63) is 46.7 Å². The number of esters is 1. The molecule has 5 heteroatoms. The van der Waals surface area contributed by atoms with Crippen molar-refractivity contribution < 1.29 is 9.53 Å². The van der Waals surface area contributed by atoms with Crippen molar-refractivity contribution in [3.8, 4) is 0 Å². The van der Waals surface area contributed by atoms with Gasteiger partial charge in [0.2, 0.25) is 0 Å². The number of rotatable bonds is 1. The summed E-state index contributed by atoms with van der Waals surface area (Å²) in [6.07, 6.45) is 1.99. The highest BCUT2D eigenvalue weighted by Gasteiger charge is 2.11. The summed E-state index contributed by atoms with van der Waals surface area (Å²) in [6, 6.07) is 7.22. The molecule has 0 spiro atoms. The van der Waals surface area contributed by atoms with E-state index in [1.807, 2.05) is 29.7 Å².